The van der Waals surface area contributed by atoms with E-state index in [-0.39, 0.29) is 0 Å². The molecule has 3 fully saturated rings. The third-order valence-corrected chi connectivity index (χ3v) is 5.26. The molecule has 0 spiro atoms. The summed E-state index contributed by atoms with van der Waals surface area (Å²) in [6.07, 6.45) is 5.68. The molecule has 0 bridgehead atoms. The summed E-state index contributed by atoms with van der Waals surface area (Å²) in [4.78, 5) is 5.54. The second-order valence-electron chi connectivity index (χ2n) is 6.61. The molecular formula is C15H28N2. The lowest BCUT2D eigenvalue weighted by Crippen LogP contribution is -2.36. The van der Waals surface area contributed by atoms with E-state index in [4.69, 9.17) is 0 Å². The quantitative estimate of drug-likeness (QED) is 0.723. The highest BCUT2D eigenvalue weighted by molar-refractivity contribution is 4.95. The van der Waals surface area contributed by atoms with Gasteiger partial charge in [0.2, 0.25) is 0 Å². The minimum Gasteiger partial charge on any atom is -0.302 e. The Morgan fingerprint density at radius 3 is 2.00 bits per heavy atom. The molecule has 0 radical (unpaired) electrons. The highest BCUT2D eigenvalue weighted by atomic mass is 15.2. The second-order valence-corrected chi connectivity index (χ2v) is 6.61. The number of hydrogen-bond donors (Lipinski definition) is 0. The molecule has 2 saturated heterocycles. The highest BCUT2D eigenvalue weighted by Gasteiger charge is 2.42. The molecule has 2 heterocycles. The van der Waals surface area contributed by atoms with Crippen molar-refractivity contribution in [2.75, 3.05) is 32.7 Å². The van der Waals surface area contributed by atoms with E-state index in [1.807, 2.05) is 0 Å². The van der Waals surface area contributed by atoms with Gasteiger partial charge in [-0.1, -0.05) is 13.8 Å². The zero-order valence-corrected chi connectivity index (χ0v) is 11.6. The topological polar surface area (TPSA) is 6.48 Å². The standard InChI is InChI=1S/C15H28N2/c1-3-15(4-2)17-10-13-8-16(7-12-5-6-12)9-14(13)11-17/h12-15H,3-11H2,1-2H3. The molecular weight excluding hydrogens is 208 g/mol. The van der Waals surface area contributed by atoms with Gasteiger partial charge in [0.15, 0.2) is 0 Å². The lowest BCUT2D eigenvalue weighted by atomic mass is 10.0. The van der Waals surface area contributed by atoms with E-state index in [9.17, 15) is 0 Å². The Morgan fingerprint density at radius 2 is 1.53 bits per heavy atom. The van der Waals surface area contributed by atoms with E-state index in [1.165, 1.54) is 58.4 Å². The predicted octanol–water partition coefficient (Wildman–Crippen LogP) is 2.45. The van der Waals surface area contributed by atoms with Crippen molar-refractivity contribution in [3.8, 4) is 0 Å². The van der Waals surface area contributed by atoms with Gasteiger partial charge in [0.1, 0.15) is 0 Å². The molecule has 2 aliphatic heterocycles. The Morgan fingerprint density at radius 1 is 0.941 bits per heavy atom. The summed E-state index contributed by atoms with van der Waals surface area (Å²) in [5.74, 6) is 3.06. The number of rotatable bonds is 5. The van der Waals surface area contributed by atoms with E-state index in [0.717, 1.165) is 23.8 Å². The van der Waals surface area contributed by atoms with E-state index in [1.54, 1.807) is 0 Å². The Bertz CT molecular complexity index is 244. The number of hydrogen-bond acceptors (Lipinski definition) is 2. The molecule has 1 aliphatic carbocycles. The van der Waals surface area contributed by atoms with Gasteiger partial charge in [-0.2, -0.15) is 0 Å². The van der Waals surface area contributed by atoms with Gasteiger partial charge in [-0.25, -0.2) is 0 Å². The average molecular weight is 236 g/mol. The maximum atomic E-state index is 2.78. The van der Waals surface area contributed by atoms with E-state index >= 15 is 0 Å². The summed E-state index contributed by atoms with van der Waals surface area (Å²) in [5, 5.41) is 0. The molecule has 0 amide bonds. The predicted molar refractivity (Wildman–Crippen MR) is 72.1 cm³/mol. The van der Waals surface area contributed by atoms with Crippen LogP contribution in [0, 0.1) is 17.8 Å². The summed E-state index contributed by atoms with van der Waals surface area (Å²) in [5.41, 5.74) is 0. The molecule has 0 aromatic heterocycles. The van der Waals surface area contributed by atoms with Crippen LogP contribution in [-0.4, -0.2) is 48.6 Å². The van der Waals surface area contributed by atoms with Gasteiger partial charge in [0, 0.05) is 38.8 Å². The van der Waals surface area contributed by atoms with Gasteiger partial charge in [-0.05, 0) is 43.4 Å². The van der Waals surface area contributed by atoms with Crippen LogP contribution in [0.1, 0.15) is 39.5 Å². The summed E-state index contributed by atoms with van der Waals surface area (Å²) < 4.78 is 0. The van der Waals surface area contributed by atoms with Crippen molar-refractivity contribution < 1.29 is 0 Å². The minimum absolute atomic E-state index is 0.859. The largest absolute Gasteiger partial charge is 0.302 e. The fraction of sp³-hybridized carbons (Fsp3) is 1.00. The first-order valence-corrected chi connectivity index (χ1v) is 7.76. The van der Waals surface area contributed by atoms with Crippen molar-refractivity contribution >= 4 is 0 Å². The van der Waals surface area contributed by atoms with Crippen LogP contribution in [0.15, 0.2) is 0 Å². The summed E-state index contributed by atoms with van der Waals surface area (Å²) in [6, 6.07) is 0.859. The van der Waals surface area contributed by atoms with Gasteiger partial charge in [-0.3, -0.25) is 4.90 Å². The molecule has 2 atom stereocenters. The fourth-order valence-corrected chi connectivity index (χ4v) is 4.04. The van der Waals surface area contributed by atoms with Gasteiger partial charge in [-0.15, -0.1) is 0 Å². The van der Waals surface area contributed by atoms with Crippen molar-refractivity contribution in [3.63, 3.8) is 0 Å². The summed E-state index contributed by atoms with van der Waals surface area (Å²) >= 11 is 0. The SMILES string of the molecule is CCC(CC)N1CC2CN(CC3CC3)CC2C1. The van der Waals surface area contributed by atoms with Crippen molar-refractivity contribution in [2.45, 2.75) is 45.6 Å². The lowest BCUT2D eigenvalue weighted by Gasteiger charge is -2.27. The first-order valence-electron chi connectivity index (χ1n) is 7.76. The van der Waals surface area contributed by atoms with Crippen LogP contribution >= 0.6 is 0 Å². The molecule has 3 aliphatic rings. The summed E-state index contributed by atoms with van der Waals surface area (Å²) in [6.45, 7) is 11.7. The van der Waals surface area contributed by atoms with Crippen LogP contribution in [0.5, 0.6) is 0 Å². The second kappa shape index (κ2) is 4.89. The Labute approximate surface area is 106 Å². The summed E-state index contributed by atoms with van der Waals surface area (Å²) in [7, 11) is 0. The first-order chi connectivity index (χ1) is 8.30. The molecule has 2 unspecified atom stereocenters. The Kier molecular flexibility index (Phi) is 3.45. The molecule has 0 N–H and O–H groups in total. The fourth-order valence-electron chi connectivity index (χ4n) is 4.04. The van der Waals surface area contributed by atoms with Gasteiger partial charge in [0.05, 0.1) is 0 Å². The van der Waals surface area contributed by atoms with Crippen molar-refractivity contribution in [2.24, 2.45) is 17.8 Å². The first kappa shape index (κ1) is 12.0. The van der Waals surface area contributed by atoms with Gasteiger partial charge < -0.3 is 4.90 Å². The monoisotopic (exact) mass is 236 g/mol. The van der Waals surface area contributed by atoms with Crippen LogP contribution < -0.4 is 0 Å². The molecule has 98 valence electrons. The smallest absolute Gasteiger partial charge is 0.00902 e. The Balaban J connectivity index is 1.50. The average Bonchev–Trinajstić information content (AvgIpc) is 2.91. The molecule has 2 nitrogen and oxygen atoms in total. The number of likely N-dealkylation sites (tertiary alicyclic amines) is 2. The molecule has 1 saturated carbocycles. The van der Waals surface area contributed by atoms with Gasteiger partial charge in [0.25, 0.3) is 0 Å². The molecule has 0 aromatic rings. The maximum Gasteiger partial charge on any atom is 0.00902 e. The van der Waals surface area contributed by atoms with Crippen molar-refractivity contribution in [3.05, 3.63) is 0 Å². The van der Waals surface area contributed by atoms with Gasteiger partial charge >= 0.3 is 0 Å². The van der Waals surface area contributed by atoms with Crippen LogP contribution in [0.4, 0.5) is 0 Å². The number of nitrogens with zero attached hydrogens (tertiary/aromatic N) is 2. The van der Waals surface area contributed by atoms with E-state index in [2.05, 4.69) is 23.6 Å². The molecule has 2 heteroatoms. The van der Waals surface area contributed by atoms with Crippen LogP contribution in [0.3, 0.4) is 0 Å². The molecule has 3 rings (SSSR count). The Hall–Kier alpha value is -0.0800. The zero-order valence-electron chi connectivity index (χ0n) is 11.6. The van der Waals surface area contributed by atoms with Crippen molar-refractivity contribution in [1.29, 1.82) is 0 Å². The number of fused-ring (bicyclic) bond motifs is 1. The normalized spacial score (nSPS) is 34.8. The van der Waals surface area contributed by atoms with Crippen molar-refractivity contribution in [1.82, 2.24) is 9.80 Å². The van der Waals surface area contributed by atoms with E-state index < -0.39 is 0 Å². The van der Waals surface area contributed by atoms with Crippen LogP contribution in [0.25, 0.3) is 0 Å². The zero-order chi connectivity index (χ0) is 11.8. The third kappa shape index (κ3) is 2.53. The molecule has 0 aromatic carbocycles. The molecule has 17 heavy (non-hydrogen) atoms. The highest BCUT2D eigenvalue weighted by Crippen LogP contribution is 2.36. The lowest BCUT2D eigenvalue weighted by molar-refractivity contribution is 0.192. The van der Waals surface area contributed by atoms with Crippen LogP contribution in [-0.2, 0) is 0 Å². The minimum atomic E-state index is 0.859. The third-order valence-electron chi connectivity index (χ3n) is 5.26. The van der Waals surface area contributed by atoms with Crippen LogP contribution in [0.2, 0.25) is 0 Å². The maximum absolute atomic E-state index is 2.78. The van der Waals surface area contributed by atoms with E-state index in [0.29, 0.717) is 0 Å².